The van der Waals surface area contributed by atoms with Gasteiger partial charge in [0.1, 0.15) is 0 Å². The summed E-state index contributed by atoms with van der Waals surface area (Å²) in [4.78, 5) is 0. The molecular formula is C6H11ClN2. The van der Waals surface area contributed by atoms with Crippen molar-refractivity contribution in [2.24, 2.45) is 5.92 Å². The molecule has 0 bridgehead atoms. The maximum atomic E-state index is 8.39. The third-order valence-electron chi connectivity index (χ3n) is 1.53. The fourth-order valence-corrected chi connectivity index (χ4v) is 1.04. The van der Waals surface area contributed by atoms with Crippen molar-refractivity contribution in [3.63, 3.8) is 0 Å². The molecule has 0 amide bonds. The first kappa shape index (κ1) is 8.74. The van der Waals surface area contributed by atoms with E-state index in [1.54, 1.807) is 0 Å². The SMILES string of the molecule is CC1CC(C#N)CN1.Cl. The molecule has 0 spiro atoms. The molecule has 2 atom stereocenters. The Morgan fingerprint density at radius 3 is 2.56 bits per heavy atom. The fourth-order valence-electron chi connectivity index (χ4n) is 1.04. The normalized spacial score (nSPS) is 32.9. The monoisotopic (exact) mass is 146 g/mol. The van der Waals surface area contributed by atoms with Crippen LogP contribution in [-0.4, -0.2) is 12.6 Å². The number of hydrogen-bond acceptors (Lipinski definition) is 2. The molecule has 2 unspecified atom stereocenters. The summed E-state index contributed by atoms with van der Waals surface area (Å²) in [5.41, 5.74) is 0. The molecule has 52 valence electrons. The lowest BCUT2D eigenvalue weighted by Gasteiger charge is -1.95. The van der Waals surface area contributed by atoms with Crippen molar-refractivity contribution >= 4 is 12.4 Å². The van der Waals surface area contributed by atoms with E-state index >= 15 is 0 Å². The highest BCUT2D eigenvalue weighted by atomic mass is 35.5. The standard InChI is InChI=1S/C6H10N2.ClH/c1-5-2-6(3-7)4-8-5;/h5-6,8H,2,4H2,1H3;1H. The van der Waals surface area contributed by atoms with Crippen LogP contribution in [0.2, 0.25) is 0 Å². The van der Waals surface area contributed by atoms with Gasteiger partial charge in [-0.15, -0.1) is 12.4 Å². The minimum atomic E-state index is 0. The lowest BCUT2D eigenvalue weighted by atomic mass is 10.1. The summed E-state index contributed by atoms with van der Waals surface area (Å²) in [5.74, 6) is 0.269. The van der Waals surface area contributed by atoms with Crippen molar-refractivity contribution in [3.8, 4) is 6.07 Å². The number of nitriles is 1. The van der Waals surface area contributed by atoms with Gasteiger partial charge in [0, 0.05) is 12.6 Å². The van der Waals surface area contributed by atoms with Gasteiger partial charge in [-0.05, 0) is 13.3 Å². The Kier molecular flexibility index (Phi) is 3.60. The molecule has 0 aliphatic carbocycles. The Morgan fingerprint density at radius 1 is 1.67 bits per heavy atom. The van der Waals surface area contributed by atoms with Crippen LogP contribution in [-0.2, 0) is 0 Å². The summed E-state index contributed by atoms with van der Waals surface area (Å²) in [7, 11) is 0. The first-order chi connectivity index (χ1) is 3.83. The maximum absolute atomic E-state index is 8.39. The summed E-state index contributed by atoms with van der Waals surface area (Å²) in [5, 5.41) is 11.6. The predicted molar refractivity (Wildman–Crippen MR) is 38.4 cm³/mol. The lowest BCUT2D eigenvalue weighted by Crippen LogP contribution is -2.16. The molecule has 2 nitrogen and oxygen atoms in total. The predicted octanol–water partition coefficient (Wildman–Crippen LogP) is 0.930. The molecule has 1 rings (SSSR count). The highest BCUT2D eigenvalue weighted by Gasteiger charge is 2.18. The second-order valence-electron chi connectivity index (χ2n) is 2.37. The van der Waals surface area contributed by atoms with Gasteiger partial charge in [-0.2, -0.15) is 5.26 Å². The molecular weight excluding hydrogens is 136 g/mol. The van der Waals surface area contributed by atoms with Gasteiger partial charge >= 0.3 is 0 Å². The molecule has 0 saturated carbocycles. The van der Waals surface area contributed by atoms with Gasteiger partial charge in [-0.3, -0.25) is 0 Å². The van der Waals surface area contributed by atoms with Crippen molar-refractivity contribution in [3.05, 3.63) is 0 Å². The van der Waals surface area contributed by atoms with Crippen LogP contribution < -0.4 is 5.32 Å². The van der Waals surface area contributed by atoms with E-state index in [2.05, 4.69) is 18.3 Å². The van der Waals surface area contributed by atoms with Crippen LogP contribution in [0.3, 0.4) is 0 Å². The molecule has 1 heterocycles. The number of nitrogens with zero attached hydrogens (tertiary/aromatic N) is 1. The summed E-state index contributed by atoms with van der Waals surface area (Å²) in [6.45, 7) is 3.00. The van der Waals surface area contributed by atoms with Crippen molar-refractivity contribution in [2.75, 3.05) is 6.54 Å². The van der Waals surface area contributed by atoms with E-state index in [4.69, 9.17) is 5.26 Å². The minimum Gasteiger partial charge on any atom is -0.313 e. The van der Waals surface area contributed by atoms with Crippen molar-refractivity contribution in [2.45, 2.75) is 19.4 Å². The molecule has 0 aromatic heterocycles. The lowest BCUT2D eigenvalue weighted by molar-refractivity contribution is 0.655. The molecule has 1 N–H and O–H groups in total. The van der Waals surface area contributed by atoms with Crippen LogP contribution in [0, 0.1) is 17.2 Å². The average Bonchev–Trinajstić information content (AvgIpc) is 2.14. The van der Waals surface area contributed by atoms with Crippen molar-refractivity contribution in [1.29, 1.82) is 5.26 Å². The molecule has 1 fully saturated rings. The molecule has 0 aromatic rings. The van der Waals surface area contributed by atoms with Crippen molar-refractivity contribution < 1.29 is 0 Å². The third kappa shape index (κ3) is 2.21. The largest absolute Gasteiger partial charge is 0.313 e. The molecule has 3 heteroatoms. The van der Waals surface area contributed by atoms with E-state index in [1.807, 2.05) is 0 Å². The van der Waals surface area contributed by atoms with Gasteiger partial charge in [0.15, 0.2) is 0 Å². The van der Waals surface area contributed by atoms with Gasteiger partial charge in [0.25, 0.3) is 0 Å². The van der Waals surface area contributed by atoms with Crippen LogP contribution in [0.1, 0.15) is 13.3 Å². The Morgan fingerprint density at radius 2 is 2.33 bits per heavy atom. The van der Waals surface area contributed by atoms with Crippen LogP contribution in [0.5, 0.6) is 0 Å². The Labute approximate surface area is 61.7 Å². The van der Waals surface area contributed by atoms with Gasteiger partial charge in [-0.25, -0.2) is 0 Å². The van der Waals surface area contributed by atoms with E-state index in [1.165, 1.54) is 0 Å². The smallest absolute Gasteiger partial charge is 0.0669 e. The minimum absolute atomic E-state index is 0. The Balaban J connectivity index is 0.000000640. The topological polar surface area (TPSA) is 35.8 Å². The molecule has 0 aromatic carbocycles. The van der Waals surface area contributed by atoms with Crippen LogP contribution >= 0.6 is 12.4 Å². The van der Waals surface area contributed by atoms with Gasteiger partial charge < -0.3 is 5.32 Å². The first-order valence-corrected chi connectivity index (χ1v) is 2.96. The van der Waals surface area contributed by atoms with E-state index in [-0.39, 0.29) is 18.3 Å². The third-order valence-corrected chi connectivity index (χ3v) is 1.53. The first-order valence-electron chi connectivity index (χ1n) is 2.96. The van der Waals surface area contributed by atoms with E-state index < -0.39 is 0 Å². The number of hydrogen-bond donors (Lipinski definition) is 1. The molecule has 1 saturated heterocycles. The maximum Gasteiger partial charge on any atom is 0.0669 e. The second-order valence-corrected chi connectivity index (χ2v) is 2.37. The zero-order chi connectivity index (χ0) is 5.98. The van der Waals surface area contributed by atoms with Crippen LogP contribution in [0.15, 0.2) is 0 Å². The van der Waals surface area contributed by atoms with E-state index in [9.17, 15) is 0 Å². The molecule has 1 aliphatic heterocycles. The quantitative estimate of drug-likeness (QED) is 0.552. The zero-order valence-electron chi connectivity index (χ0n) is 5.42. The van der Waals surface area contributed by atoms with Gasteiger partial charge in [-0.1, -0.05) is 0 Å². The van der Waals surface area contributed by atoms with Crippen LogP contribution in [0.4, 0.5) is 0 Å². The van der Waals surface area contributed by atoms with Gasteiger partial charge in [0.2, 0.25) is 0 Å². The van der Waals surface area contributed by atoms with E-state index in [0.29, 0.717) is 6.04 Å². The van der Waals surface area contributed by atoms with Crippen molar-refractivity contribution in [1.82, 2.24) is 5.32 Å². The summed E-state index contributed by atoms with van der Waals surface area (Å²) in [6.07, 6.45) is 1.02. The van der Waals surface area contributed by atoms with Crippen LogP contribution in [0.25, 0.3) is 0 Å². The van der Waals surface area contributed by atoms with Gasteiger partial charge in [0.05, 0.1) is 12.0 Å². The highest BCUT2D eigenvalue weighted by Crippen LogP contribution is 2.10. The summed E-state index contributed by atoms with van der Waals surface area (Å²) >= 11 is 0. The molecule has 9 heavy (non-hydrogen) atoms. The Hall–Kier alpha value is -0.260. The Bertz CT molecular complexity index is 119. The number of halogens is 1. The number of rotatable bonds is 0. The average molecular weight is 147 g/mol. The van der Waals surface area contributed by atoms with E-state index in [0.717, 1.165) is 13.0 Å². The highest BCUT2D eigenvalue weighted by molar-refractivity contribution is 5.85. The number of nitrogens with one attached hydrogen (secondary N) is 1. The second kappa shape index (κ2) is 3.71. The summed E-state index contributed by atoms with van der Waals surface area (Å²) < 4.78 is 0. The molecule has 0 radical (unpaired) electrons. The molecule has 1 aliphatic rings. The summed E-state index contributed by atoms with van der Waals surface area (Å²) in [6, 6.07) is 2.79. The fraction of sp³-hybridized carbons (Fsp3) is 0.833. The zero-order valence-corrected chi connectivity index (χ0v) is 6.24.